The maximum Gasteiger partial charge on any atom is 0.206 e. The van der Waals surface area contributed by atoms with E-state index < -0.39 is 0 Å². The van der Waals surface area contributed by atoms with Crippen molar-refractivity contribution in [2.24, 2.45) is 0 Å². The van der Waals surface area contributed by atoms with E-state index in [0.29, 0.717) is 30.4 Å². The highest BCUT2D eigenvalue weighted by Gasteiger charge is 2.21. The molecular formula is C20H15FO5. The van der Waals surface area contributed by atoms with Crippen LogP contribution in [0.3, 0.4) is 0 Å². The van der Waals surface area contributed by atoms with Crippen molar-refractivity contribution >= 4 is 21.9 Å². The molecule has 4 aromatic rings. The Bertz CT molecular complexity index is 1120. The van der Waals surface area contributed by atoms with Gasteiger partial charge in [0.2, 0.25) is 5.75 Å². The molecule has 0 spiro atoms. The van der Waals surface area contributed by atoms with Gasteiger partial charge in [-0.05, 0) is 36.6 Å². The molecule has 6 heteroatoms. The van der Waals surface area contributed by atoms with Crippen molar-refractivity contribution in [2.45, 2.75) is 12.8 Å². The van der Waals surface area contributed by atoms with Crippen molar-refractivity contribution in [3.8, 4) is 11.5 Å². The van der Waals surface area contributed by atoms with E-state index in [1.54, 1.807) is 18.2 Å². The van der Waals surface area contributed by atoms with Crippen LogP contribution < -0.4 is 10.2 Å². The molecule has 2 aromatic carbocycles. The molecule has 0 aliphatic rings. The van der Waals surface area contributed by atoms with Crippen LogP contribution in [-0.2, 0) is 6.42 Å². The molecule has 0 saturated carbocycles. The summed E-state index contributed by atoms with van der Waals surface area (Å²) in [5.74, 6) is -0.165. The average Bonchev–Trinajstić information content (AvgIpc) is 3.12. The van der Waals surface area contributed by atoms with Gasteiger partial charge >= 0.3 is 0 Å². The van der Waals surface area contributed by atoms with E-state index >= 15 is 0 Å². The third-order valence-corrected chi connectivity index (χ3v) is 4.22. The van der Waals surface area contributed by atoms with E-state index in [-0.39, 0.29) is 33.7 Å². The molecule has 0 fully saturated rings. The van der Waals surface area contributed by atoms with Gasteiger partial charge in [0.1, 0.15) is 17.0 Å². The topological polar surface area (TPSA) is 72.8 Å². The maximum atomic E-state index is 12.9. The highest BCUT2D eigenvalue weighted by atomic mass is 19.1. The summed E-state index contributed by atoms with van der Waals surface area (Å²) in [6, 6.07) is 9.12. The van der Waals surface area contributed by atoms with E-state index in [1.807, 2.05) is 0 Å². The fourth-order valence-corrected chi connectivity index (χ4v) is 2.95. The number of hydrogen-bond acceptors (Lipinski definition) is 5. The molecule has 0 aliphatic heterocycles. The van der Waals surface area contributed by atoms with Crippen LogP contribution in [0.1, 0.15) is 12.0 Å². The van der Waals surface area contributed by atoms with Crippen molar-refractivity contribution in [3.63, 3.8) is 0 Å². The minimum atomic E-state index is -0.358. The molecule has 0 atom stereocenters. The monoisotopic (exact) mass is 354 g/mol. The molecule has 26 heavy (non-hydrogen) atoms. The van der Waals surface area contributed by atoms with Crippen LogP contribution in [0.15, 0.2) is 62.6 Å². The van der Waals surface area contributed by atoms with E-state index in [4.69, 9.17) is 13.6 Å². The second-order valence-electron chi connectivity index (χ2n) is 5.91. The summed E-state index contributed by atoms with van der Waals surface area (Å²) >= 11 is 0. The van der Waals surface area contributed by atoms with Crippen LogP contribution in [0.2, 0.25) is 0 Å². The summed E-state index contributed by atoms with van der Waals surface area (Å²) in [5.41, 5.74) is 1.12. The molecule has 0 saturated heterocycles. The van der Waals surface area contributed by atoms with Crippen molar-refractivity contribution in [2.75, 3.05) is 6.61 Å². The lowest BCUT2D eigenvalue weighted by molar-refractivity contribution is 0.308. The van der Waals surface area contributed by atoms with Crippen molar-refractivity contribution < 1.29 is 23.1 Å². The van der Waals surface area contributed by atoms with Gasteiger partial charge in [0.05, 0.1) is 24.5 Å². The highest BCUT2D eigenvalue weighted by molar-refractivity contribution is 6.06. The summed E-state index contributed by atoms with van der Waals surface area (Å²) < 4.78 is 29.6. The summed E-state index contributed by atoms with van der Waals surface area (Å²) in [7, 11) is 0. The first-order valence-electron chi connectivity index (χ1n) is 8.16. The van der Waals surface area contributed by atoms with Gasteiger partial charge in [-0.15, -0.1) is 0 Å². The lowest BCUT2D eigenvalue weighted by atomic mass is 10.1. The smallest absolute Gasteiger partial charge is 0.206 e. The summed E-state index contributed by atoms with van der Waals surface area (Å²) in [4.78, 5) is 12.1. The molecule has 0 radical (unpaired) electrons. The molecular weight excluding hydrogens is 339 g/mol. The van der Waals surface area contributed by atoms with Crippen LogP contribution >= 0.6 is 0 Å². The second-order valence-corrected chi connectivity index (χ2v) is 5.91. The first-order chi connectivity index (χ1) is 12.6. The normalized spacial score (nSPS) is 11.3. The number of ether oxygens (including phenoxy) is 1. The van der Waals surface area contributed by atoms with Crippen LogP contribution in [0.4, 0.5) is 4.39 Å². The van der Waals surface area contributed by atoms with Gasteiger partial charge in [-0.3, -0.25) is 4.79 Å². The minimum absolute atomic E-state index is 0.0648. The Hall–Kier alpha value is -3.28. The Balaban J connectivity index is 1.62. The number of fused-ring (bicyclic) bond motifs is 2. The standard InChI is InChI=1S/C20H15FO5/c21-13-5-3-12(4-6-13)2-1-9-24-20-18-14(7-10-25-18)17(23)16-15(22)8-11-26-19(16)20/h3-8,10-11,23H,1-2,9H2. The third-order valence-electron chi connectivity index (χ3n) is 4.22. The molecule has 4 rings (SSSR count). The molecule has 2 aromatic heterocycles. The zero-order chi connectivity index (χ0) is 18.1. The lowest BCUT2D eigenvalue weighted by Gasteiger charge is -2.10. The van der Waals surface area contributed by atoms with Gasteiger partial charge in [-0.1, -0.05) is 12.1 Å². The van der Waals surface area contributed by atoms with Gasteiger partial charge in [0, 0.05) is 6.07 Å². The van der Waals surface area contributed by atoms with Gasteiger partial charge < -0.3 is 18.7 Å². The van der Waals surface area contributed by atoms with Crippen molar-refractivity contribution in [1.29, 1.82) is 0 Å². The molecule has 2 heterocycles. The van der Waals surface area contributed by atoms with Crippen LogP contribution in [0.5, 0.6) is 11.5 Å². The average molecular weight is 354 g/mol. The molecule has 0 amide bonds. The zero-order valence-corrected chi connectivity index (χ0v) is 13.7. The second kappa shape index (κ2) is 6.55. The number of furan rings is 1. The number of phenols is 1. The van der Waals surface area contributed by atoms with Crippen LogP contribution in [0.25, 0.3) is 21.9 Å². The fourth-order valence-electron chi connectivity index (χ4n) is 2.95. The quantitative estimate of drug-likeness (QED) is 0.538. The SMILES string of the molecule is O=c1ccoc2c(OCCCc3ccc(F)cc3)c3occc3c(O)c12. The Kier molecular flexibility index (Phi) is 4.08. The van der Waals surface area contributed by atoms with E-state index in [2.05, 4.69) is 0 Å². The van der Waals surface area contributed by atoms with Gasteiger partial charge in [-0.25, -0.2) is 4.39 Å². The number of halogens is 1. The Morgan fingerprint density at radius 3 is 2.54 bits per heavy atom. The first-order valence-corrected chi connectivity index (χ1v) is 8.16. The third kappa shape index (κ3) is 2.79. The van der Waals surface area contributed by atoms with E-state index in [0.717, 1.165) is 5.56 Å². The minimum Gasteiger partial charge on any atom is -0.506 e. The predicted octanol–water partition coefficient (Wildman–Crippen LogP) is 4.40. The Morgan fingerprint density at radius 1 is 1.00 bits per heavy atom. The number of rotatable bonds is 5. The molecule has 0 unspecified atom stereocenters. The highest BCUT2D eigenvalue weighted by Crippen LogP contribution is 2.41. The van der Waals surface area contributed by atoms with E-state index in [1.165, 1.54) is 30.7 Å². The molecule has 0 bridgehead atoms. The van der Waals surface area contributed by atoms with Gasteiger partial charge in [0.15, 0.2) is 16.6 Å². The molecule has 0 aliphatic carbocycles. The summed E-state index contributed by atoms with van der Waals surface area (Å²) in [5, 5.41) is 10.8. The first kappa shape index (κ1) is 16.2. The van der Waals surface area contributed by atoms with Crippen molar-refractivity contribution in [3.05, 3.63) is 70.5 Å². The summed E-state index contributed by atoms with van der Waals surface area (Å²) in [6.07, 6.45) is 4.05. The Labute approximate surface area is 147 Å². The van der Waals surface area contributed by atoms with Crippen molar-refractivity contribution in [1.82, 2.24) is 0 Å². The molecule has 1 N–H and O–H groups in total. The number of aryl methyl sites for hydroxylation is 1. The van der Waals surface area contributed by atoms with Gasteiger partial charge in [-0.2, -0.15) is 0 Å². The Morgan fingerprint density at radius 2 is 1.73 bits per heavy atom. The predicted molar refractivity (Wildman–Crippen MR) is 94.1 cm³/mol. The number of aromatic hydroxyl groups is 1. The van der Waals surface area contributed by atoms with E-state index in [9.17, 15) is 14.3 Å². The number of phenolic OH excluding ortho intramolecular Hbond substituents is 1. The number of hydrogen-bond donors (Lipinski definition) is 1. The summed E-state index contributed by atoms with van der Waals surface area (Å²) in [6.45, 7) is 0.339. The van der Waals surface area contributed by atoms with Gasteiger partial charge in [0.25, 0.3) is 0 Å². The van der Waals surface area contributed by atoms with Crippen LogP contribution in [-0.4, -0.2) is 11.7 Å². The fraction of sp³-hybridized carbons (Fsp3) is 0.150. The van der Waals surface area contributed by atoms with Crippen LogP contribution in [0, 0.1) is 5.82 Å². The molecule has 132 valence electrons. The number of benzene rings is 2. The maximum absolute atomic E-state index is 12.9. The zero-order valence-electron chi connectivity index (χ0n) is 13.7. The largest absolute Gasteiger partial charge is 0.506 e. The lowest BCUT2D eigenvalue weighted by Crippen LogP contribution is -2.04. The molecule has 5 nitrogen and oxygen atoms in total.